The number of likely N-dealkylation sites (tertiary alicyclic amines) is 1. The third kappa shape index (κ3) is 4.14. The van der Waals surface area contributed by atoms with Gasteiger partial charge in [0, 0.05) is 23.6 Å². The van der Waals surface area contributed by atoms with Gasteiger partial charge in [0.25, 0.3) is 0 Å². The summed E-state index contributed by atoms with van der Waals surface area (Å²) in [4.78, 5) is 14.2. The lowest BCUT2D eigenvalue weighted by atomic mass is 10.1. The van der Waals surface area contributed by atoms with E-state index in [-0.39, 0.29) is 11.9 Å². The summed E-state index contributed by atoms with van der Waals surface area (Å²) in [5.41, 5.74) is 6.76. The number of hydrogen-bond donors (Lipinski definition) is 1. The van der Waals surface area contributed by atoms with Gasteiger partial charge in [0.1, 0.15) is 0 Å². The van der Waals surface area contributed by atoms with Crippen molar-refractivity contribution >= 4 is 21.8 Å². The normalized spacial score (nSPS) is 17.6. The standard InChI is InChI=1S/C16H23BrN2O3/c1-3-21-14-7-11(13(17)9-15(14)22-4-2)8-16(20)19-6-5-12(18)10-19/h7,9,12H,3-6,8,10,18H2,1-2H3/t12-/m0/s1. The number of rotatable bonds is 6. The van der Waals surface area contributed by atoms with Crippen LogP contribution in [-0.4, -0.2) is 43.2 Å². The van der Waals surface area contributed by atoms with Gasteiger partial charge in [-0.1, -0.05) is 15.9 Å². The average molecular weight is 371 g/mol. The maximum atomic E-state index is 12.4. The van der Waals surface area contributed by atoms with Crippen molar-refractivity contribution in [1.29, 1.82) is 0 Å². The molecule has 1 amide bonds. The number of nitrogens with zero attached hydrogens (tertiary/aromatic N) is 1. The van der Waals surface area contributed by atoms with Crippen molar-refractivity contribution in [3.63, 3.8) is 0 Å². The van der Waals surface area contributed by atoms with Crippen LogP contribution in [0, 0.1) is 0 Å². The van der Waals surface area contributed by atoms with Crippen LogP contribution in [0.1, 0.15) is 25.8 Å². The van der Waals surface area contributed by atoms with Crippen LogP contribution in [0.4, 0.5) is 0 Å². The van der Waals surface area contributed by atoms with Gasteiger partial charge in [-0.05, 0) is 38.0 Å². The Bertz CT molecular complexity index is 536. The Kier molecular flexibility index (Phi) is 6.08. The molecular weight excluding hydrogens is 348 g/mol. The summed E-state index contributed by atoms with van der Waals surface area (Å²) >= 11 is 3.52. The number of amides is 1. The Labute approximate surface area is 139 Å². The molecule has 2 N–H and O–H groups in total. The first kappa shape index (κ1) is 17.1. The van der Waals surface area contributed by atoms with Gasteiger partial charge in [-0.3, -0.25) is 4.79 Å². The molecule has 1 atom stereocenters. The molecule has 1 heterocycles. The molecule has 0 bridgehead atoms. The Morgan fingerprint density at radius 2 is 1.95 bits per heavy atom. The molecule has 22 heavy (non-hydrogen) atoms. The third-order valence-corrected chi connectivity index (χ3v) is 4.37. The van der Waals surface area contributed by atoms with Crippen LogP contribution in [0.2, 0.25) is 0 Å². The lowest BCUT2D eigenvalue weighted by Crippen LogP contribution is -2.33. The minimum absolute atomic E-state index is 0.0975. The first-order valence-corrected chi connectivity index (χ1v) is 8.45. The fourth-order valence-electron chi connectivity index (χ4n) is 2.54. The Morgan fingerprint density at radius 3 is 2.50 bits per heavy atom. The second-order valence-corrected chi connectivity index (χ2v) is 6.18. The van der Waals surface area contributed by atoms with E-state index < -0.39 is 0 Å². The van der Waals surface area contributed by atoms with Crippen LogP contribution < -0.4 is 15.2 Å². The Balaban J connectivity index is 2.16. The first-order valence-electron chi connectivity index (χ1n) is 7.66. The summed E-state index contributed by atoms with van der Waals surface area (Å²) in [6, 6.07) is 3.85. The molecule has 2 rings (SSSR count). The van der Waals surface area contributed by atoms with Crippen molar-refractivity contribution in [2.24, 2.45) is 5.73 Å². The molecule has 5 nitrogen and oxygen atoms in total. The first-order chi connectivity index (χ1) is 10.5. The largest absolute Gasteiger partial charge is 0.490 e. The molecule has 1 aliphatic heterocycles. The van der Waals surface area contributed by atoms with Crippen molar-refractivity contribution in [2.45, 2.75) is 32.7 Å². The molecule has 122 valence electrons. The van der Waals surface area contributed by atoms with Crippen molar-refractivity contribution < 1.29 is 14.3 Å². The van der Waals surface area contributed by atoms with E-state index in [1.165, 1.54) is 0 Å². The maximum absolute atomic E-state index is 12.4. The molecule has 0 saturated carbocycles. The Morgan fingerprint density at radius 1 is 1.32 bits per heavy atom. The van der Waals surface area contributed by atoms with Crippen LogP contribution in [0.25, 0.3) is 0 Å². The van der Waals surface area contributed by atoms with Crippen LogP contribution in [0.15, 0.2) is 16.6 Å². The predicted octanol–water partition coefficient (Wildman–Crippen LogP) is 2.35. The fourth-order valence-corrected chi connectivity index (χ4v) is 3.00. The van der Waals surface area contributed by atoms with E-state index in [0.717, 1.165) is 23.0 Å². The quantitative estimate of drug-likeness (QED) is 0.834. The number of ether oxygens (including phenoxy) is 2. The predicted molar refractivity (Wildman–Crippen MR) is 89.4 cm³/mol. The van der Waals surface area contributed by atoms with E-state index in [4.69, 9.17) is 15.2 Å². The van der Waals surface area contributed by atoms with Crippen molar-refractivity contribution in [1.82, 2.24) is 4.90 Å². The van der Waals surface area contributed by atoms with Gasteiger partial charge in [-0.15, -0.1) is 0 Å². The number of carbonyl (C=O) groups excluding carboxylic acids is 1. The number of nitrogens with two attached hydrogens (primary N) is 1. The van der Waals surface area contributed by atoms with Crippen molar-refractivity contribution in [2.75, 3.05) is 26.3 Å². The van der Waals surface area contributed by atoms with Gasteiger partial charge in [0.2, 0.25) is 5.91 Å². The summed E-state index contributed by atoms with van der Waals surface area (Å²) in [6.45, 7) is 6.36. The van der Waals surface area contributed by atoms with E-state index >= 15 is 0 Å². The summed E-state index contributed by atoms with van der Waals surface area (Å²) in [7, 11) is 0. The van der Waals surface area contributed by atoms with Crippen LogP contribution in [0.5, 0.6) is 11.5 Å². The van der Waals surface area contributed by atoms with Crippen molar-refractivity contribution in [3.8, 4) is 11.5 Å². The monoisotopic (exact) mass is 370 g/mol. The van der Waals surface area contributed by atoms with E-state index in [0.29, 0.717) is 37.7 Å². The highest BCUT2D eigenvalue weighted by atomic mass is 79.9. The molecule has 1 aromatic carbocycles. The molecule has 0 aromatic heterocycles. The van der Waals surface area contributed by atoms with Crippen molar-refractivity contribution in [3.05, 3.63) is 22.2 Å². The SMILES string of the molecule is CCOc1cc(Br)c(CC(=O)N2CC[C@H](N)C2)cc1OCC. The third-order valence-electron chi connectivity index (χ3n) is 3.63. The highest BCUT2D eigenvalue weighted by Crippen LogP contribution is 2.34. The molecule has 1 saturated heterocycles. The number of benzene rings is 1. The highest BCUT2D eigenvalue weighted by Gasteiger charge is 2.24. The molecule has 1 aliphatic rings. The zero-order chi connectivity index (χ0) is 16.1. The summed E-state index contributed by atoms with van der Waals surface area (Å²) < 4.78 is 12.1. The highest BCUT2D eigenvalue weighted by molar-refractivity contribution is 9.10. The molecule has 1 aromatic rings. The molecule has 0 radical (unpaired) electrons. The smallest absolute Gasteiger partial charge is 0.227 e. The van der Waals surface area contributed by atoms with Gasteiger partial charge in [-0.2, -0.15) is 0 Å². The zero-order valence-electron chi connectivity index (χ0n) is 13.1. The second-order valence-electron chi connectivity index (χ2n) is 5.32. The number of carbonyl (C=O) groups is 1. The Hall–Kier alpha value is -1.27. The number of hydrogen-bond acceptors (Lipinski definition) is 4. The molecule has 0 aliphatic carbocycles. The van der Waals surface area contributed by atoms with E-state index in [2.05, 4.69) is 15.9 Å². The lowest BCUT2D eigenvalue weighted by molar-refractivity contribution is -0.129. The average Bonchev–Trinajstić information content (AvgIpc) is 2.91. The number of halogens is 1. The van der Waals surface area contributed by atoms with E-state index in [1.54, 1.807) is 0 Å². The van der Waals surface area contributed by atoms with Gasteiger partial charge in [0.15, 0.2) is 11.5 Å². The van der Waals surface area contributed by atoms with Crippen LogP contribution in [-0.2, 0) is 11.2 Å². The van der Waals surface area contributed by atoms with Gasteiger partial charge >= 0.3 is 0 Å². The topological polar surface area (TPSA) is 64.8 Å². The van der Waals surface area contributed by atoms with Gasteiger partial charge in [-0.25, -0.2) is 0 Å². The summed E-state index contributed by atoms with van der Waals surface area (Å²) in [5, 5.41) is 0. The molecule has 0 spiro atoms. The lowest BCUT2D eigenvalue weighted by Gasteiger charge is -2.18. The fraction of sp³-hybridized carbons (Fsp3) is 0.562. The maximum Gasteiger partial charge on any atom is 0.227 e. The second kappa shape index (κ2) is 7.83. The summed E-state index contributed by atoms with van der Waals surface area (Å²) in [5.74, 6) is 1.46. The molecular formula is C16H23BrN2O3. The summed E-state index contributed by atoms with van der Waals surface area (Å²) in [6.07, 6.45) is 1.21. The minimum atomic E-state index is 0.0975. The van der Waals surface area contributed by atoms with Gasteiger partial charge in [0.05, 0.1) is 19.6 Å². The van der Waals surface area contributed by atoms with E-state index in [9.17, 15) is 4.79 Å². The molecule has 6 heteroatoms. The zero-order valence-corrected chi connectivity index (χ0v) is 14.7. The molecule has 1 fully saturated rings. The van der Waals surface area contributed by atoms with E-state index in [1.807, 2.05) is 30.9 Å². The molecule has 0 unspecified atom stereocenters. The minimum Gasteiger partial charge on any atom is -0.490 e. The van der Waals surface area contributed by atoms with Gasteiger partial charge < -0.3 is 20.1 Å². The van der Waals surface area contributed by atoms with Crippen LogP contribution in [0.3, 0.4) is 0 Å². The van der Waals surface area contributed by atoms with Crippen LogP contribution >= 0.6 is 15.9 Å².